The van der Waals surface area contributed by atoms with Crippen molar-refractivity contribution < 1.29 is 4.79 Å². The van der Waals surface area contributed by atoms with E-state index < -0.39 is 0 Å². The first-order valence-electron chi connectivity index (χ1n) is 6.91. The molecule has 1 aromatic rings. The lowest BCUT2D eigenvalue weighted by atomic mass is 10.0. The van der Waals surface area contributed by atoms with Gasteiger partial charge in [0, 0.05) is 25.2 Å². The third-order valence-electron chi connectivity index (χ3n) is 3.48. The number of nitrogens with zero attached hydrogens (tertiary/aromatic N) is 1. The zero-order valence-corrected chi connectivity index (χ0v) is 11.3. The molecule has 0 unspecified atom stereocenters. The van der Waals surface area contributed by atoms with Gasteiger partial charge in [0.15, 0.2) is 0 Å². The molecule has 5 heteroatoms. The Labute approximate surface area is 113 Å². The maximum atomic E-state index is 12.0. The van der Waals surface area contributed by atoms with E-state index in [1.807, 2.05) is 0 Å². The highest BCUT2D eigenvalue weighted by Gasteiger charge is 2.20. The number of carbonyl (C=O) groups is 1. The quantitative estimate of drug-likeness (QED) is 0.851. The van der Waals surface area contributed by atoms with Crippen LogP contribution >= 0.6 is 0 Å². The molecule has 1 amide bonds. The Morgan fingerprint density at radius 2 is 2.16 bits per heavy atom. The minimum Gasteiger partial charge on any atom is -0.348 e. The standard InChI is InChI=1S/C14H21N3O2/c1-2-8-17-9-6-11(7-10-17)15-14(19)12-4-3-5-13(18)16-12/h3-5,11H,2,6-10H2,1H3,(H,15,19)(H,16,18). The van der Waals surface area contributed by atoms with E-state index in [1.165, 1.54) is 12.5 Å². The van der Waals surface area contributed by atoms with Crippen molar-refractivity contribution in [1.29, 1.82) is 0 Å². The number of H-pyrrole nitrogens is 1. The number of rotatable bonds is 4. The molecule has 1 aliphatic heterocycles. The Bertz CT molecular complexity index is 476. The first kappa shape index (κ1) is 13.8. The Kier molecular flexibility index (Phi) is 4.74. The number of aromatic nitrogens is 1. The molecule has 0 radical (unpaired) electrons. The summed E-state index contributed by atoms with van der Waals surface area (Å²) in [6.45, 7) is 5.38. The van der Waals surface area contributed by atoms with Crippen molar-refractivity contribution in [2.45, 2.75) is 32.2 Å². The van der Waals surface area contributed by atoms with Crippen LogP contribution in [0, 0.1) is 0 Å². The minimum atomic E-state index is -0.245. The van der Waals surface area contributed by atoms with Crippen molar-refractivity contribution >= 4 is 5.91 Å². The van der Waals surface area contributed by atoms with Crippen LogP contribution in [-0.4, -0.2) is 41.5 Å². The number of nitrogens with one attached hydrogen (secondary N) is 2. The molecule has 1 fully saturated rings. The third-order valence-corrected chi connectivity index (χ3v) is 3.48. The predicted octanol–water partition coefficient (Wildman–Crippen LogP) is 0.979. The van der Waals surface area contributed by atoms with Crippen LogP contribution in [-0.2, 0) is 0 Å². The van der Waals surface area contributed by atoms with Gasteiger partial charge in [0.05, 0.1) is 0 Å². The fraction of sp³-hybridized carbons (Fsp3) is 0.571. The van der Waals surface area contributed by atoms with E-state index in [9.17, 15) is 9.59 Å². The maximum absolute atomic E-state index is 12.0. The Morgan fingerprint density at radius 1 is 1.42 bits per heavy atom. The zero-order valence-electron chi connectivity index (χ0n) is 11.3. The van der Waals surface area contributed by atoms with Crippen molar-refractivity contribution in [2.75, 3.05) is 19.6 Å². The molecule has 1 aliphatic rings. The van der Waals surface area contributed by atoms with Gasteiger partial charge in [-0.05, 0) is 31.9 Å². The zero-order chi connectivity index (χ0) is 13.7. The Hall–Kier alpha value is -1.62. The van der Waals surface area contributed by atoms with Crippen molar-refractivity contribution in [3.63, 3.8) is 0 Å². The van der Waals surface area contributed by atoms with E-state index in [1.54, 1.807) is 12.1 Å². The number of hydrogen-bond donors (Lipinski definition) is 2. The van der Waals surface area contributed by atoms with E-state index in [0.717, 1.165) is 32.5 Å². The highest BCUT2D eigenvalue weighted by molar-refractivity contribution is 5.92. The number of amides is 1. The molecule has 5 nitrogen and oxygen atoms in total. The summed E-state index contributed by atoms with van der Waals surface area (Å²) in [5.74, 6) is -0.188. The fourth-order valence-electron chi connectivity index (χ4n) is 2.46. The molecule has 0 bridgehead atoms. The SMILES string of the molecule is CCCN1CCC(NC(=O)c2cccc(=O)[nH]2)CC1. The van der Waals surface area contributed by atoms with Gasteiger partial charge in [-0.1, -0.05) is 13.0 Å². The number of likely N-dealkylation sites (tertiary alicyclic amines) is 1. The van der Waals surface area contributed by atoms with Crippen LogP contribution in [0.2, 0.25) is 0 Å². The molecule has 19 heavy (non-hydrogen) atoms. The summed E-state index contributed by atoms with van der Waals surface area (Å²) < 4.78 is 0. The lowest BCUT2D eigenvalue weighted by molar-refractivity contribution is 0.0906. The second-order valence-corrected chi connectivity index (χ2v) is 5.02. The average Bonchev–Trinajstić information content (AvgIpc) is 2.41. The van der Waals surface area contributed by atoms with E-state index in [-0.39, 0.29) is 17.5 Å². The van der Waals surface area contributed by atoms with Crippen LogP contribution < -0.4 is 10.9 Å². The second kappa shape index (κ2) is 6.52. The number of hydrogen-bond acceptors (Lipinski definition) is 3. The summed E-state index contributed by atoms with van der Waals surface area (Å²) in [4.78, 5) is 28.1. The molecule has 2 heterocycles. The summed E-state index contributed by atoms with van der Waals surface area (Å²) in [5, 5.41) is 2.99. The van der Waals surface area contributed by atoms with Gasteiger partial charge >= 0.3 is 0 Å². The van der Waals surface area contributed by atoms with E-state index in [0.29, 0.717) is 5.69 Å². The van der Waals surface area contributed by atoms with Gasteiger partial charge in [0.2, 0.25) is 5.56 Å². The lowest BCUT2D eigenvalue weighted by Crippen LogP contribution is -2.45. The third kappa shape index (κ3) is 3.92. The number of pyridine rings is 1. The van der Waals surface area contributed by atoms with E-state index >= 15 is 0 Å². The molecule has 0 spiro atoms. The monoisotopic (exact) mass is 263 g/mol. The van der Waals surface area contributed by atoms with Gasteiger partial charge in [-0.15, -0.1) is 0 Å². The van der Waals surface area contributed by atoms with Crippen LogP contribution in [0.4, 0.5) is 0 Å². The minimum absolute atomic E-state index is 0.188. The molecule has 2 rings (SSSR count). The van der Waals surface area contributed by atoms with Crippen molar-refractivity contribution in [2.24, 2.45) is 0 Å². The van der Waals surface area contributed by atoms with Gasteiger partial charge < -0.3 is 15.2 Å². The second-order valence-electron chi connectivity index (χ2n) is 5.02. The summed E-state index contributed by atoms with van der Waals surface area (Å²) >= 11 is 0. The van der Waals surface area contributed by atoms with Crippen LogP contribution in [0.15, 0.2) is 23.0 Å². The molecule has 104 valence electrons. The van der Waals surface area contributed by atoms with Gasteiger partial charge in [0.25, 0.3) is 5.91 Å². The van der Waals surface area contributed by atoms with Crippen molar-refractivity contribution in [1.82, 2.24) is 15.2 Å². The Morgan fingerprint density at radius 3 is 2.79 bits per heavy atom. The Balaban J connectivity index is 1.85. The summed E-state index contributed by atoms with van der Waals surface area (Å²) in [6, 6.07) is 4.84. The van der Waals surface area contributed by atoms with Crippen LogP contribution in [0.1, 0.15) is 36.7 Å². The van der Waals surface area contributed by atoms with Gasteiger partial charge in [-0.2, -0.15) is 0 Å². The normalized spacial score (nSPS) is 17.3. The van der Waals surface area contributed by atoms with Gasteiger partial charge in [0.1, 0.15) is 5.69 Å². The highest BCUT2D eigenvalue weighted by atomic mass is 16.2. The number of aromatic amines is 1. The number of piperidine rings is 1. The predicted molar refractivity (Wildman–Crippen MR) is 74.3 cm³/mol. The smallest absolute Gasteiger partial charge is 0.268 e. The molecule has 1 aromatic heterocycles. The first-order chi connectivity index (χ1) is 9.19. The molecular weight excluding hydrogens is 242 g/mol. The lowest BCUT2D eigenvalue weighted by Gasteiger charge is -2.32. The number of carbonyl (C=O) groups excluding carboxylic acids is 1. The summed E-state index contributed by atoms with van der Waals surface area (Å²) in [5.41, 5.74) is 0.0916. The first-order valence-corrected chi connectivity index (χ1v) is 6.91. The van der Waals surface area contributed by atoms with Crippen LogP contribution in [0.5, 0.6) is 0 Å². The molecular formula is C14H21N3O2. The van der Waals surface area contributed by atoms with Crippen LogP contribution in [0.25, 0.3) is 0 Å². The van der Waals surface area contributed by atoms with E-state index in [2.05, 4.69) is 22.1 Å². The molecule has 1 saturated heterocycles. The fourth-order valence-corrected chi connectivity index (χ4v) is 2.46. The molecule has 0 atom stereocenters. The largest absolute Gasteiger partial charge is 0.348 e. The topological polar surface area (TPSA) is 65.2 Å². The van der Waals surface area contributed by atoms with Crippen LogP contribution in [0.3, 0.4) is 0 Å². The summed E-state index contributed by atoms with van der Waals surface area (Å²) in [7, 11) is 0. The maximum Gasteiger partial charge on any atom is 0.268 e. The van der Waals surface area contributed by atoms with Crippen molar-refractivity contribution in [3.8, 4) is 0 Å². The molecule has 0 aliphatic carbocycles. The van der Waals surface area contributed by atoms with Crippen molar-refractivity contribution in [3.05, 3.63) is 34.2 Å². The molecule has 0 saturated carbocycles. The van der Waals surface area contributed by atoms with E-state index in [4.69, 9.17) is 0 Å². The average molecular weight is 263 g/mol. The van der Waals surface area contributed by atoms with Gasteiger partial charge in [-0.25, -0.2) is 0 Å². The van der Waals surface area contributed by atoms with Gasteiger partial charge in [-0.3, -0.25) is 9.59 Å². The highest BCUT2D eigenvalue weighted by Crippen LogP contribution is 2.11. The molecule has 0 aromatic carbocycles. The molecule has 2 N–H and O–H groups in total. The summed E-state index contributed by atoms with van der Waals surface area (Å²) in [6.07, 6.45) is 3.12.